The number of rotatable bonds is 5. The number of aromatic nitrogens is 1. The third-order valence-electron chi connectivity index (χ3n) is 4.00. The predicted molar refractivity (Wildman–Crippen MR) is 112 cm³/mol. The minimum absolute atomic E-state index is 0.666. The molecule has 0 saturated carbocycles. The van der Waals surface area contributed by atoms with E-state index in [1.54, 1.807) is 11.3 Å². The van der Waals surface area contributed by atoms with E-state index in [4.69, 9.17) is 11.6 Å². The van der Waals surface area contributed by atoms with Crippen LogP contribution in [0.2, 0.25) is 5.02 Å². The third-order valence-corrected chi connectivity index (χ3v) is 5.11. The van der Waals surface area contributed by atoms with Crippen LogP contribution in [0.1, 0.15) is 18.1 Å². The van der Waals surface area contributed by atoms with Crippen molar-refractivity contribution in [1.29, 1.82) is 0 Å². The Morgan fingerprint density at radius 1 is 1.15 bits per heavy atom. The lowest BCUT2D eigenvalue weighted by Gasteiger charge is -2.06. The molecule has 1 aromatic heterocycles. The van der Waals surface area contributed by atoms with Gasteiger partial charge < -0.3 is 4.57 Å². The van der Waals surface area contributed by atoms with Gasteiger partial charge in [0.2, 0.25) is 4.80 Å². The molecular formula is C21H20ClN3S. The summed E-state index contributed by atoms with van der Waals surface area (Å²) >= 11 is 7.56. The maximum atomic E-state index is 6.00. The van der Waals surface area contributed by atoms with Crippen molar-refractivity contribution in [3.05, 3.63) is 87.5 Å². The number of hydrogen-bond donors (Lipinski definition) is 0. The molecule has 0 amide bonds. The summed E-state index contributed by atoms with van der Waals surface area (Å²) in [7, 11) is 0. The largest absolute Gasteiger partial charge is 0.311 e. The first kappa shape index (κ1) is 18.4. The Kier molecular flexibility index (Phi) is 5.86. The Morgan fingerprint density at radius 2 is 1.85 bits per heavy atom. The highest BCUT2D eigenvalue weighted by atomic mass is 35.5. The molecule has 3 nitrogen and oxygen atoms in total. The molecule has 0 aliphatic heterocycles. The minimum Gasteiger partial charge on any atom is -0.311 e. The van der Waals surface area contributed by atoms with Crippen molar-refractivity contribution in [3.63, 3.8) is 0 Å². The summed E-state index contributed by atoms with van der Waals surface area (Å²) in [4.78, 5) is 0.835. The van der Waals surface area contributed by atoms with Gasteiger partial charge in [0.15, 0.2) is 0 Å². The maximum Gasteiger partial charge on any atom is 0.211 e. The van der Waals surface area contributed by atoms with Crippen LogP contribution in [0.15, 0.2) is 76.8 Å². The molecule has 0 atom stereocenters. The molecule has 0 aliphatic rings. The van der Waals surface area contributed by atoms with Crippen LogP contribution < -0.4 is 4.80 Å². The van der Waals surface area contributed by atoms with Gasteiger partial charge in [0.05, 0.1) is 11.4 Å². The lowest BCUT2D eigenvalue weighted by molar-refractivity contribution is 0.788. The molecule has 0 N–H and O–H groups in total. The molecule has 0 fully saturated rings. The van der Waals surface area contributed by atoms with Gasteiger partial charge in [-0.25, -0.2) is 0 Å². The van der Waals surface area contributed by atoms with Gasteiger partial charge in [-0.1, -0.05) is 59.6 Å². The van der Waals surface area contributed by atoms with Gasteiger partial charge in [0, 0.05) is 16.9 Å². The van der Waals surface area contributed by atoms with Gasteiger partial charge in [-0.3, -0.25) is 0 Å². The number of aryl methyl sites for hydroxylation is 1. The van der Waals surface area contributed by atoms with E-state index < -0.39 is 0 Å². The third kappa shape index (κ3) is 4.21. The van der Waals surface area contributed by atoms with Crippen molar-refractivity contribution in [2.45, 2.75) is 20.4 Å². The van der Waals surface area contributed by atoms with Gasteiger partial charge in [-0.05, 0) is 37.1 Å². The fraction of sp³-hybridized carbons (Fsp3) is 0.143. The van der Waals surface area contributed by atoms with E-state index in [1.165, 1.54) is 5.56 Å². The number of hydrogen-bond acceptors (Lipinski definition) is 3. The number of halogens is 1. The Labute approximate surface area is 162 Å². The Balaban J connectivity index is 2.00. The molecule has 26 heavy (non-hydrogen) atoms. The Bertz CT molecular complexity index is 993. The van der Waals surface area contributed by atoms with E-state index in [2.05, 4.69) is 57.9 Å². The van der Waals surface area contributed by atoms with Gasteiger partial charge >= 0.3 is 0 Å². The van der Waals surface area contributed by atoms with Crippen molar-refractivity contribution in [2.24, 2.45) is 10.2 Å². The number of thiazole rings is 1. The second-order valence-electron chi connectivity index (χ2n) is 5.96. The zero-order valence-corrected chi connectivity index (χ0v) is 16.4. The summed E-state index contributed by atoms with van der Waals surface area (Å²) in [5, 5.41) is 11.7. The van der Waals surface area contributed by atoms with Crippen molar-refractivity contribution in [3.8, 4) is 11.3 Å². The van der Waals surface area contributed by atoms with Crippen LogP contribution in [0.5, 0.6) is 0 Å². The van der Waals surface area contributed by atoms with E-state index in [-0.39, 0.29) is 0 Å². The van der Waals surface area contributed by atoms with E-state index in [1.807, 2.05) is 37.3 Å². The fourth-order valence-electron chi connectivity index (χ4n) is 2.54. The lowest BCUT2D eigenvalue weighted by atomic mass is 10.1. The minimum atomic E-state index is 0.666. The molecule has 132 valence electrons. The second-order valence-corrected chi connectivity index (χ2v) is 7.23. The van der Waals surface area contributed by atoms with Crippen LogP contribution in [-0.2, 0) is 6.54 Å². The highest BCUT2D eigenvalue weighted by Crippen LogP contribution is 2.22. The fourth-order valence-corrected chi connectivity index (χ4v) is 3.53. The summed E-state index contributed by atoms with van der Waals surface area (Å²) in [6, 6.07) is 16.1. The molecule has 0 spiro atoms. The molecule has 0 aliphatic carbocycles. The molecule has 0 unspecified atom stereocenters. The number of nitrogens with zero attached hydrogens (tertiary/aromatic N) is 3. The summed E-state index contributed by atoms with van der Waals surface area (Å²) in [6.07, 6.45) is 1.86. The number of benzene rings is 2. The Hall–Kier alpha value is -2.43. The maximum absolute atomic E-state index is 6.00. The summed E-state index contributed by atoms with van der Waals surface area (Å²) < 4.78 is 2.10. The molecule has 3 rings (SSSR count). The monoisotopic (exact) mass is 381 g/mol. The summed E-state index contributed by atoms with van der Waals surface area (Å²) in [5.41, 5.74) is 5.36. The summed E-state index contributed by atoms with van der Waals surface area (Å²) in [6.45, 7) is 8.57. The van der Waals surface area contributed by atoms with E-state index >= 15 is 0 Å². The first-order valence-corrected chi connectivity index (χ1v) is 9.54. The second kappa shape index (κ2) is 8.30. The van der Waals surface area contributed by atoms with Crippen molar-refractivity contribution in [2.75, 3.05) is 0 Å². The molecule has 0 radical (unpaired) electrons. The van der Waals surface area contributed by atoms with Gasteiger partial charge in [-0.15, -0.1) is 23.0 Å². The highest BCUT2D eigenvalue weighted by Gasteiger charge is 2.07. The molecule has 0 saturated heterocycles. The zero-order chi connectivity index (χ0) is 18.5. The van der Waals surface area contributed by atoms with Crippen LogP contribution in [0.4, 0.5) is 0 Å². The highest BCUT2D eigenvalue weighted by molar-refractivity contribution is 7.07. The van der Waals surface area contributed by atoms with Gasteiger partial charge in [0.1, 0.15) is 0 Å². The average Bonchev–Trinajstić information content (AvgIpc) is 3.04. The first-order valence-electron chi connectivity index (χ1n) is 8.29. The van der Waals surface area contributed by atoms with Crippen LogP contribution in [-0.4, -0.2) is 10.3 Å². The van der Waals surface area contributed by atoms with Gasteiger partial charge in [-0.2, -0.15) is 5.10 Å². The quantitative estimate of drug-likeness (QED) is 0.309. The molecule has 2 aromatic carbocycles. The number of allylic oxidation sites excluding steroid dienone is 1. The molecule has 0 bridgehead atoms. The van der Waals surface area contributed by atoms with E-state index in [0.29, 0.717) is 6.54 Å². The average molecular weight is 382 g/mol. The molecule has 5 heteroatoms. The first-order chi connectivity index (χ1) is 12.6. The molecule has 3 aromatic rings. The van der Waals surface area contributed by atoms with Crippen LogP contribution in [0.3, 0.4) is 0 Å². The van der Waals surface area contributed by atoms with Crippen molar-refractivity contribution < 1.29 is 0 Å². The standard InChI is InChI=1S/C21H20ClN3S/c1-4-13-25-20(18-9-11-19(22)12-10-18)14-26-21(25)24-23-16(3)17-7-5-15(2)6-8-17/h4-12,14H,1,13H2,2-3H3/b23-16-,24-21-. The van der Waals surface area contributed by atoms with Crippen LogP contribution in [0.25, 0.3) is 11.3 Å². The van der Waals surface area contributed by atoms with Crippen LogP contribution >= 0.6 is 22.9 Å². The molecule has 1 heterocycles. The van der Waals surface area contributed by atoms with E-state index in [9.17, 15) is 0 Å². The van der Waals surface area contributed by atoms with Crippen molar-refractivity contribution >= 4 is 28.6 Å². The Morgan fingerprint density at radius 3 is 2.50 bits per heavy atom. The van der Waals surface area contributed by atoms with Gasteiger partial charge in [0.25, 0.3) is 0 Å². The van der Waals surface area contributed by atoms with Crippen molar-refractivity contribution in [1.82, 2.24) is 4.57 Å². The SMILES string of the molecule is C=CCn1c(-c2ccc(Cl)cc2)cs/c1=N\N=C(\C)c1ccc(C)cc1. The normalized spacial score (nSPS) is 12.4. The molecular weight excluding hydrogens is 362 g/mol. The smallest absolute Gasteiger partial charge is 0.211 e. The topological polar surface area (TPSA) is 29.6 Å². The van der Waals surface area contributed by atoms with E-state index in [0.717, 1.165) is 32.4 Å². The van der Waals surface area contributed by atoms with Crippen LogP contribution in [0, 0.1) is 6.92 Å². The summed E-state index contributed by atoms with van der Waals surface area (Å²) in [5.74, 6) is 0. The zero-order valence-electron chi connectivity index (χ0n) is 14.8. The lowest BCUT2D eigenvalue weighted by Crippen LogP contribution is -2.15. The predicted octanol–water partition coefficient (Wildman–Crippen LogP) is 5.69.